The Morgan fingerprint density at radius 2 is 2.29 bits per heavy atom. The van der Waals surface area contributed by atoms with E-state index in [1.165, 1.54) is 6.42 Å². The molecule has 0 saturated carbocycles. The molecule has 0 unspecified atom stereocenters. The standard InChI is InChI=1S/C9H9BrN4/c10-6-4-7-8(11-5-6)13-9(12-7)14-2-1-3-14/h4-5H,1-3H2,(H,11,12,13). The molecule has 4 nitrogen and oxygen atoms in total. The fourth-order valence-electron chi connectivity index (χ4n) is 1.54. The number of hydrogen-bond acceptors (Lipinski definition) is 3. The molecule has 0 aliphatic carbocycles. The Balaban J connectivity index is 2.10. The molecule has 0 bridgehead atoms. The Bertz CT molecular complexity index is 475. The summed E-state index contributed by atoms with van der Waals surface area (Å²) in [5.41, 5.74) is 1.77. The van der Waals surface area contributed by atoms with Crippen LogP contribution in [-0.4, -0.2) is 28.0 Å². The zero-order valence-electron chi connectivity index (χ0n) is 7.50. The van der Waals surface area contributed by atoms with Crippen molar-refractivity contribution in [1.82, 2.24) is 15.0 Å². The summed E-state index contributed by atoms with van der Waals surface area (Å²) in [5, 5.41) is 0. The van der Waals surface area contributed by atoms with Crippen LogP contribution in [0.1, 0.15) is 6.42 Å². The van der Waals surface area contributed by atoms with Crippen molar-refractivity contribution in [2.45, 2.75) is 6.42 Å². The van der Waals surface area contributed by atoms with Crippen molar-refractivity contribution in [3.05, 3.63) is 16.7 Å². The van der Waals surface area contributed by atoms with Gasteiger partial charge in [-0.1, -0.05) is 0 Å². The third-order valence-electron chi connectivity index (χ3n) is 2.45. The molecule has 1 N–H and O–H groups in total. The number of nitrogens with one attached hydrogen (secondary N) is 1. The van der Waals surface area contributed by atoms with Gasteiger partial charge in [0.1, 0.15) is 0 Å². The second kappa shape index (κ2) is 2.95. The fourth-order valence-corrected chi connectivity index (χ4v) is 1.87. The van der Waals surface area contributed by atoms with E-state index < -0.39 is 0 Å². The summed E-state index contributed by atoms with van der Waals surface area (Å²) >= 11 is 3.39. The van der Waals surface area contributed by atoms with Gasteiger partial charge in [0.05, 0.1) is 5.52 Å². The largest absolute Gasteiger partial charge is 0.342 e. The highest BCUT2D eigenvalue weighted by Crippen LogP contribution is 2.21. The molecule has 5 heteroatoms. The smallest absolute Gasteiger partial charge is 0.205 e. The highest BCUT2D eigenvalue weighted by atomic mass is 79.9. The van der Waals surface area contributed by atoms with E-state index in [0.29, 0.717) is 0 Å². The molecule has 0 amide bonds. The van der Waals surface area contributed by atoms with Crippen LogP contribution in [0.2, 0.25) is 0 Å². The number of fused-ring (bicyclic) bond motifs is 1. The Morgan fingerprint density at radius 1 is 1.43 bits per heavy atom. The molecule has 1 fully saturated rings. The number of pyridine rings is 1. The van der Waals surface area contributed by atoms with Crippen LogP contribution < -0.4 is 4.90 Å². The van der Waals surface area contributed by atoms with Gasteiger partial charge >= 0.3 is 0 Å². The van der Waals surface area contributed by atoms with Gasteiger partial charge in [0, 0.05) is 23.8 Å². The van der Waals surface area contributed by atoms with Gasteiger partial charge in [-0.15, -0.1) is 0 Å². The van der Waals surface area contributed by atoms with Gasteiger partial charge in [0.25, 0.3) is 0 Å². The molecular weight excluding hydrogens is 244 g/mol. The highest BCUT2D eigenvalue weighted by molar-refractivity contribution is 9.10. The second-order valence-electron chi connectivity index (χ2n) is 3.43. The van der Waals surface area contributed by atoms with Crippen LogP contribution in [0.5, 0.6) is 0 Å². The molecule has 0 radical (unpaired) electrons. The molecule has 0 aromatic carbocycles. The van der Waals surface area contributed by atoms with E-state index >= 15 is 0 Å². The summed E-state index contributed by atoms with van der Waals surface area (Å²) in [4.78, 5) is 14.1. The van der Waals surface area contributed by atoms with Crippen molar-refractivity contribution in [3.8, 4) is 0 Å². The summed E-state index contributed by atoms with van der Waals surface area (Å²) in [6, 6.07) is 2.00. The lowest BCUT2D eigenvalue weighted by atomic mass is 10.2. The molecule has 1 aliphatic heterocycles. The van der Waals surface area contributed by atoms with Crippen molar-refractivity contribution < 1.29 is 0 Å². The van der Waals surface area contributed by atoms with Gasteiger partial charge in [-0.2, -0.15) is 4.98 Å². The predicted molar refractivity (Wildman–Crippen MR) is 58.4 cm³/mol. The quantitative estimate of drug-likeness (QED) is 0.844. The van der Waals surface area contributed by atoms with E-state index in [9.17, 15) is 0 Å². The molecule has 2 aromatic heterocycles. The number of hydrogen-bond donors (Lipinski definition) is 1. The van der Waals surface area contributed by atoms with Crippen LogP contribution in [0.25, 0.3) is 11.2 Å². The van der Waals surface area contributed by atoms with E-state index in [1.54, 1.807) is 6.20 Å². The van der Waals surface area contributed by atoms with Gasteiger partial charge in [0.15, 0.2) is 5.65 Å². The SMILES string of the molecule is Brc1cnc2nc(N3CCC3)[nH]c2c1. The van der Waals surface area contributed by atoms with Gasteiger partial charge in [-0.05, 0) is 28.4 Å². The lowest BCUT2D eigenvalue weighted by Gasteiger charge is -2.30. The van der Waals surface area contributed by atoms with Crippen LogP contribution in [0.3, 0.4) is 0 Å². The molecule has 2 aromatic rings. The van der Waals surface area contributed by atoms with Crippen LogP contribution in [0.4, 0.5) is 5.95 Å². The predicted octanol–water partition coefficient (Wildman–Crippen LogP) is 1.93. The Morgan fingerprint density at radius 3 is 3.00 bits per heavy atom. The van der Waals surface area contributed by atoms with Crippen LogP contribution in [0.15, 0.2) is 16.7 Å². The number of nitrogens with zero attached hydrogens (tertiary/aromatic N) is 3. The number of imidazole rings is 1. The number of aromatic nitrogens is 3. The summed E-state index contributed by atoms with van der Waals surface area (Å²) < 4.78 is 0.976. The van der Waals surface area contributed by atoms with Gasteiger partial charge < -0.3 is 9.88 Å². The number of aromatic amines is 1. The first-order valence-corrected chi connectivity index (χ1v) is 5.38. The fraction of sp³-hybridized carbons (Fsp3) is 0.333. The maximum atomic E-state index is 4.41. The summed E-state index contributed by atoms with van der Waals surface area (Å²) in [7, 11) is 0. The lowest BCUT2D eigenvalue weighted by molar-refractivity contribution is 0.604. The molecule has 3 rings (SSSR count). The highest BCUT2D eigenvalue weighted by Gasteiger charge is 2.17. The first-order chi connectivity index (χ1) is 6.83. The molecule has 1 saturated heterocycles. The maximum absolute atomic E-state index is 4.41. The Kier molecular flexibility index (Phi) is 1.73. The van der Waals surface area contributed by atoms with Gasteiger partial charge in [0.2, 0.25) is 5.95 Å². The zero-order valence-corrected chi connectivity index (χ0v) is 9.08. The van der Waals surface area contributed by atoms with Gasteiger partial charge in [-0.25, -0.2) is 4.98 Å². The van der Waals surface area contributed by atoms with E-state index in [2.05, 4.69) is 35.8 Å². The third-order valence-corrected chi connectivity index (χ3v) is 2.88. The summed E-state index contributed by atoms with van der Waals surface area (Å²) in [5.74, 6) is 0.942. The van der Waals surface area contributed by atoms with Crippen molar-refractivity contribution in [3.63, 3.8) is 0 Å². The van der Waals surface area contributed by atoms with E-state index in [1.807, 2.05) is 6.07 Å². The molecule has 3 heterocycles. The first-order valence-electron chi connectivity index (χ1n) is 4.59. The topological polar surface area (TPSA) is 44.8 Å². The average Bonchev–Trinajstić information content (AvgIpc) is 2.43. The number of rotatable bonds is 1. The monoisotopic (exact) mass is 252 g/mol. The van der Waals surface area contributed by atoms with Crippen molar-refractivity contribution >= 4 is 33.0 Å². The Labute approximate surface area is 89.5 Å². The zero-order chi connectivity index (χ0) is 9.54. The van der Waals surface area contributed by atoms with Crippen LogP contribution in [-0.2, 0) is 0 Å². The lowest BCUT2D eigenvalue weighted by Crippen LogP contribution is -2.37. The molecule has 0 atom stereocenters. The second-order valence-corrected chi connectivity index (χ2v) is 4.34. The van der Waals surface area contributed by atoms with Crippen molar-refractivity contribution in [2.75, 3.05) is 18.0 Å². The number of H-pyrrole nitrogens is 1. The third kappa shape index (κ3) is 1.19. The molecule has 1 aliphatic rings. The summed E-state index contributed by atoms with van der Waals surface area (Å²) in [6.07, 6.45) is 3.03. The first kappa shape index (κ1) is 8.23. The minimum Gasteiger partial charge on any atom is -0.342 e. The number of halogens is 1. The maximum Gasteiger partial charge on any atom is 0.205 e. The minimum atomic E-state index is 0.787. The van der Waals surface area contributed by atoms with Crippen molar-refractivity contribution in [1.29, 1.82) is 0 Å². The van der Waals surface area contributed by atoms with E-state index in [4.69, 9.17) is 0 Å². The van der Waals surface area contributed by atoms with Crippen LogP contribution in [0, 0.1) is 0 Å². The summed E-state index contributed by atoms with van der Waals surface area (Å²) in [6.45, 7) is 2.20. The molecule has 72 valence electrons. The molecule has 0 spiro atoms. The van der Waals surface area contributed by atoms with Gasteiger partial charge in [-0.3, -0.25) is 0 Å². The van der Waals surface area contributed by atoms with E-state index in [-0.39, 0.29) is 0 Å². The normalized spacial score (nSPS) is 15.9. The van der Waals surface area contributed by atoms with Crippen LogP contribution >= 0.6 is 15.9 Å². The average molecular weight is 253 g/mol. The minimum absolute atomic E-state index is 0.787. The molecular formula is C9H9BrN4. The number of anilines is 1. The van der Waals surface area contributed by atoms with Crippen molar-refractivity contribution in [2.24, 2.45) is 0 Å². The molecule has 14 heavy (non-hydrogen) atoms. The Hall–Kier alpha value is -1.10. The van der Waals surface area contributed by atoms with E-state index in [0.717, 1.165) is 34.7 Å².